The Labute approximate surface area is 223 Å². The molecule has 1 fully saturated rings. The molecule has 3 atom stereocenters. The van der Waals surface area contributed by atoms with Crippen LogP contribution in [0.4, 0.5) is 24.7 Å². The van der Waals surface area contributed by atoms with E-state index in [4.69, 9.17) is 5.73 Å². The Bertz CT molecular complexity index is 1450. The number of amides is 1. The summed E-state index contributed by atoms with van der Waals surface area (Å²) < 4.78 is 88.0. The van der Waals surface area contributed by atoms with Gasteiger partial charge in [-0.15, -0.1) is 0 Å². The predicted octanol–water partition coefficient (Wildman–Crippen LogP) is 1.73. The minimum absolute atomic E-state index is 0.0141. The SMILES string of the molecule is CN(C)S(=O)(=O)CCNC1CCC(n2cc(C(N)=O)c(Nc3ccc(S(=O)(=O)C(F)(F)F)cc3)n2)C(C#N)C1. The van der Waals surface area contributed by atoms with Crippen LogP contribution in [0.2, 0.25) is 0 Å². The molecule has 3 rings (SSSR count). The summed E-state index contributed by atoms with van der Waals surface area (Å²) in [5.74, 6) is -1.47. The number of primary amides is 1. The van der Waals surface area contributed by atoms with E-state index in [0.29, 0.717) is 19.3 Å². The zero-order valence-corrected chi connectivity index (χ0v) is 22.6. The molecule has 0 bridgehead atoms. The number of halogens is 3. The van der Waals surface area contributed by atoms with E-state index >= 15 is 0 Å². The molecule has 0 spiro atoms. The molecule has 39 heavy (non-hydrogen) atoms. The first-order valence-electron chi connectivity index (χ1n) is 11.7. The molecular weight excluding hydrogens is 563 g/mol. The number of nitrogens with two attached hydrogens (primary N) is 1. The van der Waals surface area contributed by atoms with E-state index in [9.17, 15) is 40.1 Å². The van der Waals surface area contributed by atoms with E-state index in [2.05, 4.69) is 21.8 Å². The van der Waals surface area contributed by atoms with Gasteiger partial charge in [-0.3, -0.25) is 9.48 Å². The number of sulfone groups is 1. The van der Waals surface area contributed by atoms with Crippen LogP contribution in [0.15, 0.2) is 35.4 Å². The van der Waals surface area contributed by atoms with Crippen molar-refractivity contribution < 1.29 is 34.8 Å². The third-order valence-corrected chi connectivity index (χ3v) is 9.73. The molecule has 2 aromatic rings. The fourth-order valence-electron chi connectivity index (χ4n) is 4.19. The van der Waals surface area contributed by atoms with Crippen LogP contribution in [0, 0.1) is 17.2 Å². The van der Waals surface area contributed by atoms with E-state index in [0.717, 1.165) is 28.6 Å². The van der Waals surface area contributed by atoms with Crippen LogP contribution in [0.5, 0.6) is 0 Å². The zero-order valence-electron chi connectivity index (χ0n) is 21.0. The maximum absolute atomic E-state index is 12.8. The molecule has 4 N–H and O–H groups in total. The van der Waals surface area contributed by atoms with Gasteiger partial charge in [-0.05, 0) is 43.5 Å². The first-order valence-corrected chi connectivity index (χ1v) is 14.8. The third-order valence-electron chi connectivity index (χ3n) is 6.40. The average Bonchev–Trinajstić information content (AvgIpc) is 3.27. The van der Waals surface area contributed by atoms with Crippen molar-refractivity contribution in [2.24, 2.45) is 11.7 Å². The summed E-state index contributed by atoms with van der Waals surface area (Å²) in [4.78, 5) is 11.1. The van der Waals surface area contributed by atoms with Crippen molar-refractivity contribution in [2.45, 2.75) is 41.7 Å². The summed E-state index contributed by atoms with van der Waals surface area (Å²) >= 11 is 0. The Morgan fingerprint density at radius 3 is 2.38 bits per heavy atom. The van der Waals surface area contributed by atoms with Crippen molar-refractivity contribution in [3.05, 3.63) is 36.0 Å². The second-order valence-corrected chi connectivity index (χ2v) is 13.4. The van der Waals surface area contributed by atoms with Gasteiger partial charge in [-0.25, -0.2) is 21.1 Å². The number of nitrogens with zero attached hydrogens (tertiary/aromatic N) is 4. The van der Waals surface area contributed by atoms with Crippen molar-refractivity contribution in [1.82, 2.24) is 19.4 Å². The lowest BCUT2D eigenvalue weighted by Crippen LogP contribution is -2.41. The molecule has 1 aliphatic carbocycles. The first kappa shape index (κ1) is 30.3. The van der Waals surface area contributed by atoms with E-state index in [1.54, 1.807) is 0 Å². The number of carbonyl (C=O) groups is 1. The second kappa shape index (κ2) is 11.5. The van der Waals surface area contributed by atoms with Gasteiger partial charge in [0.05, 0.1) is 28.7 Å². The third kappa shape index (κ3) is 6.87. The highest BCUT2D eigenvalue weighted by atomic mass is 32.2. The van der Waals surface area contributed by atoms with E-state index in [1.807, 2.05) is 0 Å². The van der Waals surface area contributed by atoms with E-state index in [1.165, 1.54) is 25.0 Å². The summed E-state index contributed by atoms with van der Waals surface area (Å²) in [5.41, 5.74) is 0.147. The molecule has 17 heteroatoms. The standard InChI is InChI=1S/C22H28F3N7O5S2/c1-31(2)38(34,35)10-9-28-16-5-8-19(14(11-16)12-26)32-13-18(20(27)33)21(30-32)29-15-3-6-17(7-4-15)39(36,37)22(23,24)25/h3-4,6-7,13-14,16,19,28H,5,8-11H2,1-2H3,(H2,27,33)(H,29,30). The molecule has 1 aromatic carbocycles. The van der Waals surface area contributed by atoms with Gasteiger partial charge < -0.3 is 16.4 Å². The average molecular weight is 592 g/mol. The maximum atomic E-state index is 12.8. The zero-order chi connectivity index (χ0) is 29.2. The van der Waals surface area contributed by atoms with Crippen molar-refractivity contribution in [3.63, 3.8) is 0 Å². The van der Waals surface area contributed by atoms with Gasteiger partial charge in [0.15, 0.2) is 5.82 Å². The number of hydrogen-bond donors (Lipinski definition) is 3. The minimum Gasteiger partial charge on any atom is -0.365 e. The highest BCUT2D eigenvalue weighted by molar-refractivity contribution is 7.92. The smallest absolute Gasteiger partial charge is 0.365 e. The molecule has 214 valence electrons. The van der Waals surface area contributed by atoms with Crippen LogP contribution < -0.4 is 16.4 Å². The Hall–Kier alpha value is -3.20. The van der Waals surface area contributed by atoms with Crippen molar-refractivity contribution in [3.8, 4) is 6.07 Å². The molecule has 12 nitrogen and oxygen atoms in total. The van der Waals surface area contributed by atoms with Crippen molar-refractivity contribution >= 4 is 37.3 Å². The monoisotopic (exact) mass is 591 g/mol. The summed E-state index contributed by atoms with van der Waals surface area (Å²) in [7, 11) is -5.98. The summed E-state index contributed by atoms with van der Waals surface area (Å²) in [6, 6.07) is 5.44. The Morgan fingerprint density at radius 2 is 1.85 bits per heavy atom. The normalized spacial score (nSPS) is 20.5. The van der Waals surface area contributed by atoms with Gasteiger partial charge in [0.1, 0.15) is 5.56 Å². The van der Waals surface area contributed by atoms with Crippen LogP contribution in [0.1, 0.15) is 35.7 Å². The molecule has 0 aliphatic heterocycles. The number of carbonyl (C=O) groups excluding carboxylic acids is 1. The molecule has 1 saturated carbocycles. The summed E-state index contributed by atoms with van der Waals surface area (Å²) in [6.45, 7) is 0.221. The molecule has 1 amide bonds. The molecule has 0 radical (unpaired) electrons. The van der Waals surface area contributed by atoms with Crippen molar-refractivity contribution in [1.29, 1.82) is 5.26 Å². The summed E-state index contributed by atoms with van der Waals surface area (Å²) in [5, 5.41) is 20.1. The summed E-state index contributed by atoms with van der Waals surface area (Å²) in [6.07, 6.45) is 2.88. The van der Waals surface area contributed by atoms with Gasteiger partial charge in [0.2, 0.25) is 10.0 Å². The van der Waals surface area contributed by atoms with Crippen LogP contribution in [-0.2, 0) is 19.9 Å². The van der Waals surface area contributed by atoms with Gasteiger partial charge in [0, 0.05) is 38.6 Å². The Kier molecular flexibility index (Phi) is 8.95. The second-order valence-electron chi connectivity index (χ2n) is 9.20. The number of nitriles is 1. The van der Waals surface area contributed by atoms with Crippen LogP contribution >= 0.6 is 0 Å². The van der Waals surface area contributed by atoms with Gasteiger partial charge in [0.25, 0.3) is 15.7 Å². The van der Waals surface area contributed by atoms with Crippen LogP contribution in [0.25, 0.3) is 0 Å². The molecule has 1 aromatic heterocycles. The van der Waals surface area contributed by atoms with E-state index in [-0.39, 0.29) is 35.4 Å². The number of alkyl halides is 3. The molecule has 3 unspecified atom stereocenters. The van der Waals surface area contributed by atoms with E-state index < -0.39 is 48.1 Å². The predicted molar refractivity (Wildman–Crippen MR) is 135 cm³/mol. The lowest BCUT2D eigenvalue weighted by Gasteiger charge is -2.33. The first-order chi connectivity index (χ1) is 18.1. The number of benzene rings is 1. The van der Waals surface area contributed by atoms with Gasteiger partial charge >= 0.3 is 5.51 Å². The number of anilines is 2. The fourth-order valence-corrected chi connectivity index (χ4v) is 5.69. The Morgan fingerprint density at radius 1 is 1.21 bits per heavy atom. The highest BCUT2D eigenvalue weighted by Crippen LogP contribution is 2.35. The number of nitrogens with one attached hydrogen (secondary N) is 2. The number of hydrogen-bond acceptors (Lipinski definition) is 9. The van der Waals surface area contributed by atoms with Crippen LogP contribution in [0.3, 0.4) is 0 Å². The topological polar surface area (TPSA) is 180 Å². The quantitative estimate of drug-likeness (QED) is 0.371. The fraction of sp³-hybridized carbons (Fsp3) is 0.500. The molecule has 1 aliphatic rings. The largest absolute Gasteiger partial charge is 0.501 e. The van der Waals surface area contributed by atoms with Crippen molar-refractivity contribution in [2.75, 3.05) is 31.7 Å². The van der Waals surface area contributed by atoms with Gasteiger partial charge in [-0.1, -0.05) is 0 Å². The molecule has 1 heterocycles. The molecule has 0 saturated heterocycles. The Balaban J connectivity index is 1.74. The lowest BCUT2D eigenvalue weighted by atomic mass is 9.82. The lowest BCUT2D eigenvalue weighted by molar-refractivity contribution is -0.0436. The minimum atomic E-state index is -5.52. The van der Waals surface area contributed by atoms with Crippen LogP contribution in [-0.4, -0.2) is 74.8 Å². The number of rotatable bonds is 10. The number of aromatic nitrogens is 2. The molecular formula is C22H28F3N7O5S2. The van der Waals surface area contributed by atoms with Gasteiger partial charge in [-0.2, -0.15) is 23.5 Å². The maximum Gasteiger partial charge on any atom is 0.501 e. The highest BCUT2D eigenvalue weighted by Gasteiger charge is 2.46. The number of sulfonamides is 1.